The molecule has 0 saturated carbocycles. The van der Waals surface area contributed by atoms with Gasteiger partial charge in [0, 0.05) is 17.9 Å². The minimum Gasteiger partial charge on any atom is -0.489 e. The number of pyridine rings is 1. The highest BCUT2D eigenvalue weighted by Gasteiger charge is 2.49. The summed E-state index contributed by atoms with van der Waals surface area (Å²) in [4.78, 5) is 31.1. The predicted molar refractivity (Wildman–Crippen MR) is 115 cm³/mol. The SMILES string of the molecule is Cc1cc(COc2ccc(C3(N)CCN(C(C(=O)NO)C(C)C)C3=O)cc2)cc(C)n1. The van der Waals surface area contributed by atoms with Gasteiger partial charge in [-0.15, -0.1) is 0 Å². The normalized spacial score (nSPS) is 19.6. The highest BCUT2D eigenvalue weighted by molar-refractivity contribution is 5.94. The first kappa shape index (κ1) is 22.7. The molecule has 2 aromatic rings. The van der Waals surface area contributed by atoms with Crippen LogP contribution in [0.25, 0.3) is 0 Å². The Morgan fingerprint density at radius 2 is 1.87 bits per heavy atom. The number of nitrogens with one attached hydrogen (secondary N) is 1. The topological polar surface area (TPSA) is 118 Å². The number of aromatic nitrogens is 1. The molecule has 3 rings (SSSR count). The molecule has 2 atom stereocenters. The van der Waals surface area contributed by atoms with Crippen molar-refractivity contribution in [3.63, 3.8) is 0 Å². The first-order chi connectivity index (χ1) is 14.7. The summed E-state index contributed by atoms with van der Waals surface area (Å²) >= 11 is 0. The molecule has 1 fully saturated rings. The van der Waals surface area contributed by atoms with Crippen molar-refractivity contribution in [2.24, 2.45) is 11.7 Å². The van der Waals surface area contributed by atoms with E-state index in [1.54, 1.807) is 29.7 Å². The van der Waals surface area contributed by atoms with E-state index in [1.165, 1.54) is 4.90 Å². The molecule has 1 aromatic heterocycles. The summed E-state index contributed by atoms with van der Waals surface area (Å²) in [6, 6.07) is 10.3. The number of aryl methyl sites for hydroxylation is 2. The van der Waals surface area contributed by atoms with Crippen molar-refractivity contribution in [1.82, 2.24) is 15.4 Å². The number of nitrogens with zero attached hydrogens (tertiary/aromatic N) is 2. The molecule has 2 amide bonds. The van der Waals surface area contributed by atoms with Gasteiger partial charge in [0.15, 0.2) is 0 Å². The number of benzene rings is 1. The Morgan fingerprint density at radius 1 is 1.26 bits per heavy atom. The van der Waals surface area contributed by atoms with Gasteiger partial charge < -0.3 is 15.4 Å². The van der Waals surface area contributed by atoms with Crippen LogP contribution >= 0.6 is 0 Å². The Labute approximate surface area is 182 Å². The number of carbonyl (C=O) groups is 2. The molecule has 0 bridgehead atoms. The monoisotopic (exact) mass is 426 g/mol. The van der Waals surface area contributed by atoms with E-state index in [0.717, 1.165) is 17.0 Å². The van der Waals surface area contributed by atoms with Crippen LogP contribution in [0, 0.1) is 19.8 Å². The van der Waals surface area contributed by atoms with Crippen molar-refractivity contribution in [1.29, 1.82) is 0 Å². The van der Waals surface area contributed by atoms with Crippen molar-refractivity contribution in [2.75, 3.05) is 6.54 Å². The molecule has 31 heavy (non-hydrogen) atoms. The van der Waals surface area contributed by atoms with E-state index in [9.17, 15) is 9.59 Å². The number of likely N-dealkylation sites (tertiary alicyclic amines) is 1. The lowest BCUT2D eigenvalue weighted by Gasteiger charge is -2.31. The highest BCUT2D eigenvalue weighted by atomic mass is 16.5. The number of nitrogens with two attached hydrogens (primary N) is 1. The number of amides is 2. The van der Waals surface area contributed by atoms with Gasteiger partial charge >= 0.3 is 0 Å². The summed E-state index contributed by atoms with van der Waals surface area (Å²) in [6.07, 6.45) is 0.379. The van der Waals surface area contributed by atoms with E-state index in [0.29, 0.717) is 30.9 Å². The van der Waals surface area contributed by atoms with Crippen LogP contribution in [0.4, 0.5) is 0 Å². The zero-order valence-electron chi connectivity index (χ0n) is 18.4. The lowest BCUT2D eigenvalue weighted by atomic mass is 9.89. The van der Waals surface area contributed by atoms with Crippen LogP contribution in [0.3, 0.4) is 0 Å². The average Bonchev–Trinajstić information content (AvgIpc) is 3.02. The maximum absolute atomic E-state index is 13.2. The van der Waals surface area contributed by atoms with E-state index in [1.807, 2.05) is 39.8 Å². The maximum Gasteiger partial charge on any atom is 0.266 e. The lowest BCUT2D eigenvalue weighted by Crippen LogP contribution is -2.53. The number of hydrogen-bond donors (Lipinski definition) is 3. The van der Waals surface area contributed by atoms with Crippen LogP contribution in [-0.4, -0.2) is 39.5 Å². The van der Waals surface area contributed by atoms with E-state index in [4.69, 9.17) is 15.7 Å². The predicted octanol–water partition coefficient (Wildman–Crippen LogP) is 2.19. The van der Waals surface area contributed by atoms with Gasteiger partial charge in [-0.3, -0.25) is 19.8 Å². The summed E-state index contributed by atoms with van der Waals surface area (Å²) in [6.45, 7) is 8.29. The largest absolute Gasteiger partial charge is 0.489 e. The Bertz CT molecular complexity index is 940. The second-order valence-electron chi connectivity index (χ2n) is 8.46. The summed E-state index contributed by atoms with van der Waals surface area (Å²) in [5.41, 5.74) is 10.5. The average molecular weight is 427 g/mol. The van der Waals surface area contributed by atoms with Crippen LogP contribution in [0.2, 0.25) is 0 Å². The van der Waals surface area contributed by atoms with Crippen LogP contribution in [0.15, 0.2) is 36.4 Å². The fourth-order valence-electron chi connectivity index (χ4n) is 4.18. The molecular weight excluding hydrogens is 396 g/mol. The van der Waals surface area contributed by atoms with Crippen LogP contribution in [-0.2, 0) is 21.7 Å². The van der Waals surface area contributed by atoms with Crippen molar-refractivity contribution < 1.29 is 19.5 Å². The van der Waals surface area contributed by atoms with Crippen LogP contribution in [0.1, 0.15) is 42.8 Å². The molecule has 1 aliphatic rings. The molecule has 1 aliphatic heterocycles. The first-order valence-electron chi connectivity index (χ1n) is 10.4. The molecule has 2 unspecified atom stereocenters. The smallest absolute Gasteiger partial charge is 0.266 e. The molecule has 1 aromatic carbocycles. The zero-order valence-corrected chi connectivity index (χ0v) is 18.4. The molecule has 4 N–H and O–H groups in total. The standard InChI is InChI=1S/C23H30N4O4/c1-14(2)20(21(28)26-30)27-10-9-23(24,22(27)29)18-5-7-19(8-6-18)31-13-17-11-15(3)25-16(4)12-17/h5-8,11-12,14,20,30H,9-10,13,24H2,1-4H3,(H,26,28). The first-order valence-corrected chi connectivity index (χ1v) is 10.4. The third-order valence-corrected chi connectivity index (χ3v) is 5.65. The number of hydrogen-bond acceptors (Lipinski definition) is 6. The van der Waals surface area contributed by atoms with Gasteiger partial charge in [-0.25, -0.2) is 5.48 Å². The minimum absolute atomic E-state index is 0.172. The molecule has 166 valence electrons. The van der Waals surface area contributed by atoms with E-state index in [2.05, 4.69) is 4.98 Å². The highest BCUT2D eigenvalue weighted by Crippen LogP contribution is 2.34. The van der Waals surface area contributed by atoms with Gasteiger partial charge in [0.1, 0.15) is 23.9 Å². The third-order valence-electron chi connectivity index (χ3n) is 5.65. The molecule has 8 heteroatoms. The molecule has 0 aliphatic carbocycles. The number of rotatable bonds is 7. The number of ether oxygens (including phenoxy) is 1. The molecule has 8 nitrogen and oxygen atoms in total. The van der Waals surface area contributed by atoms with Crippen molar-refractivity contribution >= 4 is 11.8 Å². The van der Waals surface area contributed by atoms with Gasteiger partial charge in [-0.05, 0) is 61.6 Å². The lowest BCUT2D eigenvalue weighted by molar-refractivity contribution is -0.145. The van der Waals surface area contributed by atoms with Gasteiger partial charge in [-0.1, -0.05) is 26.0 Å². The molecular formula is C23H30N4O4. The second kappa shape index (κ2) is 9.03. The quantitative estimate of drug-likeness (QED) is 0.461. The zero-order chi connectivity index (χ0) is 22.8. The van der Waals surface area contributed by atoms with Gasteiger partial charge in [0.2, 0.25) is 5.91 Å². The van der Waals surface area contributed by atoms with Crippen molar-refractivity contribution in [3.05, 3.63) is 58.9 Å². The van der Waals surface area contributed by atoms with Crippen LogP contribution in [0.5, 0.6) is 5.75 Å². The van der Waals surface area contributed by atoms with Gasteiger partial charge in [-0.2, -0.15) is 0 Å². The summed E-state index contributed by atoms with van der Waals surface area (Å²) < 4.78 is 5.87. The summed E-state index contributed by atoms with van der Waals surface area (Å²) in [5, 5.41) is 9.06. The molecule has 2 heterocycles. The molecule has 0 spiro atoms. The van der Waals surface area contributed by atoms with Crippen molar-refractivity contribution in [3.8, 4) is 5.75 Å². The number of carbonyl (C=O) groups excluding carboxylic acids is 2. The fraction of sp³-hybridized carbons (Fsp3) is 0.435. The minimum atomic E-state index is -1.22. The van der Waals surface area contributed by atoms with E-state index >= 15 is 0 Å². The summed E-state index contributed by atoms with van der Waals surface area (Å²) in [7, 11) is 0. The second-order valence-corrected chi connectivity index (χ2v) is 8.46. The Kier molecular flexibility index (Phi) is 6.62. The van der Waals surface area contributed by atoms with E-state index < -0.39 is 17.5 Å². The fourth-order valence-corrected chi connectivity index (χ4v) is 4.18. The Balaban J connectivity index is 1.72. The summed E-state index contributed by atoms with van der Waals surface area (Å²) in [5.74, 6) is -0.444. The third kappa shape index (κ3) is 4.70. The Morgan fingerprint density at radius 3 is 2.42 bits per heavy atom. The molecule has 1 saturated heterocycles. The van der Waals surface area contributed by atoms with E-state index in [-0.39, 0.29) is 11.8 Å². The maximum atomic E-state index is 13.2. The van der Waals surface area contributed by atoms with Gasteiger partial charge in [0.25, 0.3) is 5.91 Å². The Hall–Kier alpha value is -2.97. The van der Waals surface area contributed by atoms with Crippen LogP contribution < -0.4 is 16.0 Å². The number of hydroxylamine groups is 1. The van der Waals surface area contributed by atoms with Crippen molar-refractivity contribution in [2.45, 2.75) is 52.3 Å². The van der Waals surface area contributed by atoms with Gasteiger partial charge in [0.05, 0.1) is 0 Å². The molecule has 0 radical (unpaired) electrons.